The van der Waals surface area contributed by atoms with E-state index in [0.717, 1.165) is 17.4 Å². The van der Waals surface area contributed by atoms with Crippen molar-refractivity contribution >= 4 is 23.8 Å². The molecule has 0 saturated heterocycles. The van der Waals surface area contributed by atoms with Gasteiger partial charge in [0.25, 0.3) is 5.78 Å². The topological polar surface area (TPSA) is 78.9 Å². The van der Waals surface area contributed by atoms with Gasteiger partial charge in [0.2, 0.25) is 0 Å². The van der Waals surface area contributed by atoms with Crippen molar-refractivity contribution in [1.82, 2.24) is 0 Å². The van der Waals surface area contributed by atoms with Crippen LogP contribution in [0, 0.1) is 16.2 Å². The highest BCUT2D eigenvalue weighted by atomic mass is 16.6. The van der Waals surface area contributed by atoms with Crippen LogP contribution < -0.4 is 4.74 Å². The standard InChI is InChI=1S/C27H38O6/c1-25(2,3)19-27(7,26(4,5)6)24(30)33-18-17-32-23(29)22(28)12-10-9-11-20-13-15-21(31-8)16-14-20/h9-16H,17-19H2,1-8H3/b11-9+,12-10+. The number of benzene rings is 1. The summed E-state index contributed by atoms with van der Waals surface area (Å²) in [5.41, 5.74) is -0.155. The van der Waals surface area contributed by atoms with Gasteiger partial charge in [0, 0.05) is 0 Å². The van der Waals surface area contributed by atoms with Gasteiger partial charge in [-0.3, -0.25) is 9.59 Å². The van der Waals surface area contributed by atoms with Crippen LogP contribution in [-0.2, 0) is 23.9 Å². The Hall–Kier alpha value is -2.89. The number of hydrogen-bond acceptors (Lipinski definition) is 6. The molecule has 1 aromatic carbocycles. The zero-order chi connectivity index (χ0) is 25.3. The Balaban J connectivity index is 2.51. The molecule has 0 aliphatic carbocycles. The van der Waals surface area contributed by atoms with Gasteiger partial charge in [-0.2, -0.15) is 0 Å². The third-order valence-corrected chi connectivity index (χ3v) is 5.50. The Morgan fingerprint density at radius 1 is 0.848 bits per heavy atom. The summed E-state index contributed by atoms with van der Waals surface area (Å²) in [5.74, 6) is -1.36. The van der Waals surface area contributed by atoms with E-state index in [1.165, 1.54) is 6.08 Å². The first kappa shape index (κ1) is 28.1. The monoisotopic (exact) mass is 458 g/mol. The number of carbonyl (C=O) groups excluding carboxylic acids is 3. The van der Waals surface area contributed by atoms with E-state index in [0.29, 0.717) is 6.42 Å². The molecule has 0 aliphatic heterocycles. The predicted molar refractivity (Wildman–Crippen MR) is 130 cm³/mol. The van der Waals surface area contributed by atoms with Gasteiger partial charge in [0.05, 0.1) is 12.5 Å². The third kappa shape index (κ3) is 9.24. The van der Waals surface area contributed by atoms with Crippen molar-refractivity contribution in [2.24, 2.45) is 16.2 Å². The minimum absolute atomic E-state index is 0.0614. The largest absolute Gasteiger partial charge is 0.497 e. The maximum atomic E-state index is 12.8. The minimum atomic E-state index is -0.992. The Labute approximate surface area is 198 Å². The van der Waals surface area contributed by atoms with Gasteiger partial charge in [-0.1, -0.05) is 71.9 Å². The van der Waals surface area contributed by atoms with E-state index in [9.17, 15) is 14.4 Å². The zero-order valence-corrected chi connectivity index (χ0v) is 21.2. The lowest BCUT2D eigenvalue weighted by molar-refractivity contribution is -0.168. The molecule has 0 aromatic heterocycles. The van der Waals surface area contributed by atoms with Crippen molar-refractivity contribution in [3.63, 3.8) is 0 Å². The van der Waals surface area contributed by atoms with Crippen LogP contribution in [0.3, 0.4) is 0 Å². The number of carbonyl (C=O) groups is 3. The molecule has 6 nitrogen and oxygen atoms in total. The molecule has 0 N–H and O–H groups in total. The summed E-state index contributed by atoms with van der Waals surface area (Å²) in [4.78, 5) is 36.6. The molecule has 0 amide bonds. The van der Waals surface area contributed by atoms with Crippen LogP contribution in [0.1, 0.15) is 60.5 Å². The lowest BCUT2D eigenvalue weighted by Crippen LogP contribution is -2.44. The van der Waals surface area contributed by atoms with E-state index in [-0.39, 0.29) is 30.0 Å². The SMILES string of the molecule is COc1ccc(/C=C/C=C/C(=O)C(=O)OCCOC(=O)C(C)(CC(C)(C)C)C(C)(C)C)cc1. The van der Waals surface area contributed by atoms with E-state index < -0.39 is 17.2 Å². The number of rotatable bonds is 10. The highest BCUT2D eigenvalue weighted by Gasteiger charge is 2.47. The predicted octanol–water partition coefficient (Wildman–Crippen LogP) is 5.41. The second-order valence-corrected chi connectivity index (χ2v) is 10.4. The van der Waals surface area contributed by atoms with Gasteiger partial charge in [0.1, 0.15) is 19.0 Å². The van der Waals surface area contributed by atoms with Crippen molar-refractivity contribution in [1.29, 1.82) is 0 Å². The molecule has 0 bridgehead atoms. The molecule has 6 heteroatoms. The number of hydrogen-bond donors (Lipinski definition) is 0. The lowest BCUT2D eigenvalue weighted by atomic mass is 9.61. The van der Waals surface area contributed by atoms with E-state index >= 15 is 0 Å². The molecular formula is C27H38O6. The van der Waals surface area contributed by atoms with Crippen molar-refractivity contribution in [2.45, 2.75) is 54.9 Å². The first-order valence-electron chi connectivity index (χ1n) is 11.1. The summed E-state index contributed by atoms with van der Waals surface area (Å²) in [6.45, 7) is 13.9. The molecule has 0 aliphatic rings. The average molecular weight is 459 g/mol. The van der Waals surface area contributed by atoms with Crippen LogP contribution in [0.5, 0.6) is 5.75 Å². The molecule has 0 fully saturated rings. The van der Waals surface area contributed by atoms with Crippen LogP contribution in [0.2, 0.25) is 0 Å². The van der Waals surface area contributed by atoms with E-state index in [1.54, 1.807) is 19.3 Å². The Kier molecular flexibility index (Phi) is 10.1. The minimum Gasteiger partial charge on any atom is -0.497 e. The van der Waals surface area contributed by atoms with E-state index in [4.69, 9.17) is 14.2 Å². The molecule has 1 atom stereocenters. The first-order chi connectivity index (χ1) is 15.2. The third-order valence-electron chi connectivity index (χ3n) is 5.50. The van der Waals surface area contributed by atoms with Crippen LogP contribution >= 0.6 is 0 Å². The molecule has 1 rings (SSSR count). The summed E-state index contributed by atoms with van der Waals surface area (Å²) in [6.07, 6.45) is 6.69. The normalized spacial score (nSPS) is 14.2. The summed E-state index contributed by atoms with van der Waals surface area (Å²) in [5, 5.41) is 0. The summed E-state index contributed by atoms with van der Waals surface area (Å²) in [7, 11) is 1.60. The maximum Gasteiger partial charge on any atom is 0.379 e. The van der Waals surface area contributed by atoms with Crippen LogP contribution in [0.15, 0.2) is 42.5 Å². The number of ether oxygens (including phenoxy) is 3. The van der Waals surface area contributed by atoms with Crippen LogP contribution in [-0.4, -0.2) is 38.0 Å². The Morgan fingerprint density at radius 2 is 1.42 bits per heavy atom. The second-order valence-electron chi connectivity index (χ2n) is 10.4. The molecule has 0 heterocycles. The number of allylic oxidation sites excluding steroid dienone is 2. The number of ketones is 1. The zero-order valence-electron chi connectivity index (χ0n) is 21.2. The van der Waals surface area contributed by atoms with E-state index in [2.05, 4.69) is 20.8 Å². The molecule has 182 valence electrons. The lowest BCUT2D eigenvalue weighted by Gasteiger charge is -2.43. The fourth-order valence-electron chi connectivity index (χ4n) is 3.30. The van der Waals surface area contributed by atoms with Gasteiger partial charge in [0.15, 0.2) is 0 Å². The average Bonchev–Trinajstić information content (AvgIpc) is 2.72. The van der Waals surface area contributed by atoms with Crippen molar-refractivity contribution in [3.05, 3.63) is 48.1 Å². The Morgan fingerprint density at radius 3 is 1.94 bits per heavy atom. The maximum absolute atomic E-state index is 12.8. The van der Waals surface area contributed by atoms with Gasteiger partial charge >= 0.3 is 11.9 Å². The quantitative estimate of drug-likeness (QED) is 0.153. The highest BCUT2D eigenvalue weighted by Crippen LogP contribution is 2.47. The van der Waals surface area contributed by atoms with Crippen molar-refractivity contribution < 1.29 is 28.6 Å². The molecule has 33 heavy (non-hydrogen) atoms. The molecule has 1 unspecified atom stereocenters. The summed E-state index contributed by atoms with van der Waals surface area (Å²) >= 11 is 0. The Bertz CT molecular complexity index is 865. The van der Waals surface area contributed by atoms with E-state index in [1.807, 2.05) is 52.0 Å². The number of methoxy groups -OCH3 is 1. The van der Waals surface area contributed by atoms with Crippen molar-refractivity contribution in [2.75, 3.05) is 20.3 Å². The molecule has 0 spiro atoms. The smallest absolute Gasteiger partial charge is 0.379 e. The summed E-state index contributed by atoms with van der Waals surface area (Å²) < 4.78 is 15.4. The summed E-state index contributed by atoms with van der Waals surface area (Å²) in [6, 6.07) is 7.39. The van der Waals surface area contributed by atoms with Gasteiger partial charge in [-0.15, -0.1) is 0 Å². The van der Waals surface area contributed by atoms with Gasteiger partial charge < -0.3 is 14.2 Å². The molecule has 0 saturated carbocycles. The molecular weight excluding hydrogens is 420 g/mol. The molecule has 0 radical (unpaired) electrons. The van der Waals surface area contributed by atoms with Gasteiger partial charge in [-0.25, -0.2) is 4.79 Å². The molecule has 1 aromatic rings. The fraction of sp³-hybridized carbons (Fsp3) is 0.519. The van der Waals surface area contributed by atoms with Crippen LogP contribution in [0.25, 0.3) is 6.08 Å². The fourth-order valence-corrected chi connectivity index (χ4v) is 3.30. The van der Waals surface area contributed by atoms with Crippen molar-refractivity contribution in [3.8, 4) is 5.75 Å². The first-order valence-corrected chi connectivity index (χ1v) is 11.1. The highest BCUT2D eigenvalue weighted by molar-refractivity contribution is 6.38. The van der Waals surface area contributed by atoms with Crippen LogP contribution in [0.4, 0.5) is 0 Å². The second kappa shape index (κ2) is 11.8. The number of esters is 2. The van der Waals surface area contributed by atoms with Gasteiger partial charge in [-0.05, 0) is 47.9 Å².